The van der Waals surface area contributed by atoms with E-state index in [0.717, 1.165) is 0 Å². The fourth-order valence-corrected chi connectivity index (χ4v) is 2.15. The van der Waals surface area contributed by atoms with Gasteiger partial charge in [0, 0.05) is 6.07 Å². The van der Waals surface area contributed by atoms with Crippen LogP contribution < -0.4 is 0 Å². The molecule has 9 nitrogen and oxygen atoms in total. The molecule has 1 rings (SSSR count). The van der Waals surface area contributed by atoms with Crippen LogP contribution in [0, 0.1) is 0 Å². The molecular weight excluding hydrogens is 272 g/mol. The lowest BCUT2D eigenvalue weighted by Gasteiger charge is -2.13. The molecule has 11 heteroatoms. The van der Waals surface area contributed by atoms with Crippen molar-refractivity contribution in [2.45, 2.75) is 0 Å². The molecule has 0 unspecified atom stereocenters. The summed E-state index contributed by atoms with van der Waals surface area (Å²) in [6, 6.07) is 5.85. The van der Waals surface area contributed by atoms with Crippen LogP contribution in [-0.2, 0) is 4.12 Å². The molecule has 1 aromatic rings. The Morgan fingerprint density at radius 2 is 1.12 bits per heavy atom. The van der Waals surface area contributed by atoms with Crippen molar-refractivity contribution in [2.24, 2.45) is 0 Å². The van der Waals surface area contributed by atoms with E-state index in [1.807, 2.05) is 0 Å². The van der Waals surface area contributed by atoms with E-state index in [4.69, 9.17) is 39.0 Å². The number of phenols is 2. The van der Waals surface area contributed by atoms with Crippen molar-refractivity contribution in [1.29, 1.82) is 0 Å². The molecule has 0 aliphatic heterocycles. The lowest BCUT2D eigenvalue weighted by molar-refractivity contribution is 0.0406. The van der Waals surface area contributed by atoms with E-state index in [1.165, 1.54) is 18.2 Å². The largest absolute Gasteiger partial charge is 0.665 e. The van der Waals surface area contributed by atoms with Gasteiger partial charge in [-0.2, -0.15) is 0 Å². The van der Waals surface area contributed by atoms with Crippen LogP contribution in [0.15, 0.2) is 24.3 Å². The van der Waals surface area contributed by atoms with E-state index in [2.05, 4.69) is 4.12 Å². The number of benzene rings is 1. The molecule has 0 aliphatic rings. The van der Waals surface area contributed by atoms with E-state index in [-0.39, 0.29) is 11.5 Å². The third kappa shape index (κ3) is 11.2. The van der Waals surface area contributed by atoms with Gasteiger partial charge < -0.3 is 43.1 Å². The molecular formula is C6H12O9Si2. The standard InChI is InChI=1S/C6H6O2.H6O7Si2/c7-5-2-1-3-6(8)4-5;1-8(2,3)7-9(4,5)6/h1-4,7-8H;1-6H. The Hall–Kier alpha value is -1.03. The molecule has 0 amide bonds. The molecule has 0 atom stereocenters. The van der Waals surface area contributed by atoms with Gasteiger partial charge in [0.2, 0.25) is 0 Å². The second-order valence-electron chi connectivity index (χ2n) is 2.77. The Balaban J connectivity index is 0.000000302. The van der Waals surface area contributed by atoms with Gasteiger partial charge in [-0.15, -0.1) is 0 Å². The maximum atomic E-state index is 8.65. The SMILES string of the molecule is O[Si](O)(O)O[Si](O)(O)O.Oc1cccc(O)c1. The van der Waals surface area contributed by atoms with Crippen molar-refractivity contribution in [1.82, 2.24) is 0 Å². The molecule has 0 radical (unpaired) electrons. The van der Waals surface area contributed by atoms with Crippen molar-refractivity contribution >= 4 is 18.1 Å². The summed E-state index contributed by atoms with van der Waals surface area (Å²) in [4.78, 5) is 47.6. The highest BCUT2D eigenvalue weighted by atomic mass is 28.5. The predicted octanol–water partition coefficient (Wildman–Crippen LogP) is -3.07. The van der Waals surface area contributed by atoms with Crippen LogP contribution in [0.4, 0.5) is 0 Å². The Morgan fingerprint density at radius 3 is 1.24 bits per heavy atom. The zero-order valence-corrected chi connectivity index (χ0v) is 10.3. The number of rotatable bonds is 2. The van der Waals surface area contributed by atoms with Crippen LogP contribution in [0.1, 0.15) is 0 Å². The summed E-state index contributed by atoms with van der Waals surface area (Å²) in [7, 11) is -9.96. The topological polar surface area (TPSA) is 171 Å². The van der Waals surface area contributed by atoms with E-state index >= 15 is 0 Å². The van der Waals surface area contributed by atoms with Crippen molar-refractivity contribution < 1.29 is 43.1 Å². The normalized spacial score (nSPS) is 11.6. The number of hydrogen-bond acceptors (Lipinski definition) is 9. The number of aromatic hydroxyl groups is 2. The lowest BCUT2D eigenvalue weighted by atomic mass is 10.3. The molecule has 98 valence electrons. The average molecular weight is 284 g/mol. The zero-order valence-electron chi connectivity index (χ0n) is 8.30. The van der Waals surface area contributed by atoms with Crippen LogP contribution in [0.3, 0.4) is 0 Å². The Morgan fingerprint density at radius 1 is 0.765 bits per heavy atom. The predicted molar refractivity (Wildman–Crippen MR) is 55.7 cm³/mol. The summed E-state index contributed by atoms with van der Waals surface area (Å²) in [5.74, 6) is 0.176. The van der Waals surface area contributed by atoms with Gasteiger partial charge in [-0.25, -0.2) is 0 Å². The van der Waals surface area contributed by atoms with E-state index in [1.54, 1.807) is 6.07 Å². The van der Waals surface area contributed by atoms with E-state index in [9.17, 15) is 0 Å². The highest BCUT2D eigenvalue weighted by Gasteiger charge is 2.45. The van der Waals surface area contributed by atoms with Crippen molar-refractivity contribution in [2.75, 3.05) is 0 Å². The van der Waals surface area contributed by atoms with Crippen LogP contribution in [0.25, 0.3) is 0 Å². The van der Waals surface area contributed by atoms with Gasteiger partial charge in [-0.1, -0.05) is 6.07 Å². The van der Waals surface area contributed by atoms with Gasteiger partial charge in [0.05, 0.1) is 0 Å². The first-order valence-electron chi connectivity index (χ1n) is 4.02. The summed E-state index contributed by atoms with van der Waals surface area (Å²) >= 11 is 0. The van der Waals surface area contributed by atoms with Crippen LogP contribution in [0.5, 0.6) is 11.5 Å². The molecule has 0 heterocycles. The smallest absolute Gasteiger partial charge is 0.508 e. The quantitative estimate of drug-likeness (QED) is 0.262. The summed E-state index contributed by atoms with van der Waals surface area (Å²) < 4.78 is 3.24. The molecule has 0 saturated heterocycles. The first-order valence-corrected chi connectivity index (χ1v) is 7.52. The van der Waals surface area contributed by atoms with Gasteiger partial charge >= 0.3 is 18.1 Å². The lowest BCUT2D eigenvalue weighted by Crippen LogP contribution is -2.53. The van der Waals surface area contributed by atoms with E-state index < -0.39 is 18.1 Å². The fraction of sp³-hybridized carbons (Fsp3) is 0. The molecule has 0 bridgehead atoms. The fourth-order valence-electron chi connectivity index (χ4n) is 0.677. The first-order chi connectivity index (χ1) is 7.49. The van der Waals surface area contributed by atoms with Crippen molar-refractivity contribution in [3.63, 3.8) is 0 Å². The Labute approximate surface area is 97.7 Å². The zero-order chi connectivity index (χ0) is 13.7. The molecule has 0 fully saturated rings. The summed E-state index contributed by atoms with van der Waals surface area (Å²) in [6.07, 6.45) is 0. The monoisotopic (exact) mass is 284 g/mol. The van der Waals surface area contributed by atoms with Crippen molar-refractivity contribution in [3.8, 4) is 11.5 Å². The maximum Gasteiger partial charge on any atom is 0.665 e. The minimum atomic E-state index is -4.98. The summed E-state index contributed by atoms with van der Waals surface area (Å²) in [5, 5.41) is 17.3. The molecule has 0 aliphatic carbocycles. The highest BCUT2D eigenvalue weighted by molar-refractivity contribution is 6.63. The van der Waals surface area contributed by atoms with Crippen LogP contribution in [0.2, 0.25) is 0 Å². The first kappa shape index (κ1) is 16.0. The molecule has 0 spiro atoms. The Bertz CT molecular complexity index is 315. The highest BCUT2D eigenvalue weighted by Crippen LogP contribution is 2.14. The van der Waals surface area contributed by atoms with Crippen LogP contribution in [-0.4, -0.2) is 57.1 Å². The van der Waals surface area contributed by atoms with E-state index in [0.29, 0.717) is 0 Å². The minimum absolute atomic E-state index is 0.0880. The number of hydrogen-bond donors (Lipinski definition) is 8. The van der Waals surface area contributed by atoms with Gasteiger partial charge in [0.1, 0.15) is 11.5 Å². The van der Waals surface area contributed by atoms with Gasteiger partial charge in [0.15, 0.2) is 0 Å². The van der Waals surface area contributed by atoms with Crippen molar-refractivity contribution in [3.05, 3.63) is 24.3 Å². The Kier molecular flexibility index (Phi) is 5.69. The average Bonchev–Trinajstić information content (AvgIpc) is 1.96. The second-order valence-corrected chi connectivity index (χ2v) is 5.88. The molecule has 8 N–H and O–H groups in total. The van der Waals surface area contributed by atoms with Gasteiger partial charge in [0.25, 0.3) is 0 Å². The third-order valence-electron chi connectivity index (χ3n) is 1.10. The second kappa shape index (κ2) is 6.06. The molecule has 17 heavy (non-hydrogen) atoms. The summed E-state index contributed by atoms with van der Waals surface area (Å²) in [5.41, 5.74) is 0. The van der Waals surface area contributed by atoms with Gasteiger partial charge in [-0.05, 0) is 12.1 Å². The number of phenolic OH excluding ortho intramolecular Hbond substituents is 2. The molecule has 0 aromatic heterocycles. The van der Waals surface area contributed by atoms with Gasteiger partial charge in [-0.3, -0.25) is 0 Å². The maximum absolute atomic E-state index is 8.65. The minimum Gasteiger partial charge on any atom is -0.508 e. The molecule has 0 saturated carbocycles. The third-order valence-corrected chi connectivity index (χ3v) is 3.29. The summed E-state index contributed by atoms with van der Waals surface area (Å²) in [6.45, 7) is 0. The molecule has 1 aromatic carbocycles. The van der Waals surface area contributed by atoms with Crippen LogP contribution >= 0.6 is 0 Å².